The maximum atomic E-state index is 14.3. The number of carbonyl (C=O) groups is 1. The van der Waals surface area contributed by atoms with Gasteiger partial charge < -0.3 is 10.2 Å². The smallest absolute Gasteiger partial charge is 0.363 e. The zero-order valence-electron chi connectivity index (χ0n) is 16.6. The van der Waals surface area contributed by atoms with Crippen molar-refractivity contribution in [2.75, 3.05) is 5.32 Å². The van der Waals surface area contributed by atoms with Crippen LogP contribution in [0.15, 0.2) is 48.9 Å². The highest BCUT2D eigenvalue weighted by atomic mass is 19.4. The van der Waals surface area contributed by atoms with Crippen LogP contribution in [0.1, 0.15) is 35.2 Å². The topological polar surface area (TPSA) is 75.9 Å². The predicted molar refractivity (Wildman–Crippen MR) is 106 cm³/mol. The summed E-state index contributed by atoms with van der Waals surface area (Å²) >= 11 is 0. The first-order valence-corrected chi connectivity index (χ1v) is 10.1. The molecule has 2 fully saturated rings. The number of aromatic nitrogens is 4. The largest absolute Gasteiger partial charge is 0.417 e. The maximum absolute atomic E-state index is 14.3. The summed E-state index contributed by atoms with van der Waals surface area (Å²) in [5.41, 5.74) is -0.150. The Hall–Kier alpha value is -3.50. The Balaban J connectivity index is 1.38. The highest BCUT2D eigenvalue weighted by Crippen LogP contribution is 2.41. The molecule has 2 bridgehead atoms. The van der Waals surface area contributed by atoms with Gasteiger partial charge >= 0.3 is 6.18 Å². The van der Waals surface area contributed by atoms with E-state index in [9.17, 15) is 22.4 Å². The minimum atomic E-state index is -4.67. The molecule has 1 amide bonds. The molecule has 7 nitrogen and oxygen atoms in total. The second kappa shape index (κ2) is 7.57. The Bertz CT molecular complexity index is 1150. The molecule has 0 radical (unpaired) electrons. The Kier molecular flexibility index (Phi) is 4.83. The third-order valence-electron chi connectivity index (χ3n) is 6.03. The number of amides is 1. The quantitative estimate of drug-likeness (QED) is 0.619. The van der Waals surface area contributed by atoms with Gasteiger partial charge in [-0.15, -0.1) is 0 Å². The van der Waals surface area contributed by atoms with Crippen LogP contribution in [0.4, 0.5) is 23.4 Å². The summed E-state index contributed by atoms with van der Waals surface area (Å²) in [6.45, 7) is 0. The third-order valence-corrected chi connectivity index (χ3v) is 6.03. The van der Waals surface area contributed by atoms with E-state index in [4.69, 9.17) is 0 Å². The lowest BCUT2D eigenvalue weighted by Crippen LogP contribution is -2.40. The van der Waals surface area contributed by atoms with E-state index in [0.29, 0.717) is 36.4 Å². The number of alkyl halides is 3. The molecule has 0 unspecified atom stereocenters. The number of nitrogens with one attached hydrogen (secondary N) is 1. The summed E-state index contributed by atoms with van der Waals surface area (Å²) in [4.78, 5) is 20.3. The number of hydrogen-bond donors (Lipinski definition) is 1. The van der Waals surface area contributed by atoms with Crippen molar-refractivity contribution in [3.05, 3.63) is 65.9 Å². The van der Waals surface area contributed by atoms with Crippen LogP contribution in [0, 0.1) is 5.82 Å². The monoisotopic (exact) mass is 446 g/mol. The molecular formula is C21H18F4N6O. The summed E-state index contributed by atoms with van der Waals surface area (Å²) in [6, 6.07) is 6.84. The molecule has 0 spiro atoms. The number of halogens is 4. The van der Waals surface area contributed by atoms with Crippen LogP contribution >= 0.6 is 0 Å². The maximum Gasteiger partial charge on any atom is 0.417 e. The first-order valence-electron chi connectivity index (χ1n) is 10.1. The Morgan fingerprint density at radius 2 is 1.88 bits per heavy atom. The molecule has 0 aliphatic carbocycles. The Labute approximate surface area is 180 Å². The van der Waals surface area contributed by atoms with E-state index >= 15 is 0 Å². The number of para-hydroxylation sites is 1. The molecule has 3 aromatic rings. The molecule has 2 aromatic heterocycles. The molecule has 0 saturated carbocycles. The van der Waals surface area contributed by atoms with Crippen LogP contribution in [0.2, 0.25) is 0 Å². The van der Waals surface area contributed by atoms with E-state index in [0.717, 1.165) is 6.42 Å². The SMILES string of the molecule is O=C(c1ccccc1-n1nccn1)N1[C@@H]2CC[C@H]1[C@H](Nc1ncc(C(F)(F)F)cc1F)C2. The molecule has 5 rings (SSSR count). The summed E-state index contributed by atoms with van der Waals surface area (Å²) in [5.74, 6) is -1.50. The number of pyridine rings is 1. The Morgan fingerprint density at radius 1 is 1.12 bits per heavy atom. The minimum absolute atomic E-state index is 0.0545. The molecule has 166 valence electrons. The minimum Gasteiger partial charge on any atom is -0.363 e. The van der Waals surface area contributed by atoms with Gasteiger partial charge in [0.15, 0.2) is 11.6 Å². The second-order valence-electron chi connectivity index (χ2n) is 7.89. The van der Waals surface area contributed by atoms with Gasteiger partial charge in [-0.25, -0.2) is 9.37 Å². The van der Waals surface area contributed by atoms with E-state index in [1.54, 1.807) is 29.2 Å². The molecule has 3 atom stereocenters. The molecule has 1 aromatic carbocycles. The summed E-state index contributed by atoms with van der Waals surface area (Å²) in [7, 11) is 0. The Morgan fingerprint density at radius 3 is 2.59 bits per heavy atom. The van der Waals surface area contributed by atoms with Crippen molar-refractivity contribution in [2.24, 2.45) is 0 Å². The van der Waals surface area contributed by atoms with Crippen LogP contribution in [0.25, 0.3) is 5.69 Å². The zero-order chi connectivity index (χ0) is 22.5. The van der Waals surface area contributed by atoms with E-state index in [1.165, 1.54) is 17.2 Å². The molecule has 2 saturated heterocycles. The fourth-order valence-electron chi connectivity index (χ4n) is 4.64. The van der Waals surface area contributed by atoms with Gasteiger partial charge in [0.1, 0.15) is 0 Å². The molecule has 32 heavy (non-hydrogen) atoms. The summed E-state index contributed by atoms with van der Waals surface area (Å²) < 4.78 is 52.6. The van der Waals surface area contributed by atoms with Crippen LogP contribution in [0.3, 0.4) is 0 Å². The molecule has 2 aliphatic heterocycles. The average molecular weight is 446 g/mol. The first kappa shape index (κ1) is 20.4. The van der Waals surface area contributed by atoms with Gasteiger partial charge in [0.25, 0.3) is 5.91 Å². The normalized spacial score (nSPS) is 22.4. The third kappa shape index (κ3) is 3.47. The first-order chi connectivity index (χ1) is 15.3. The number of benzene rings is 1. The highest BCUT2D eigenvalue weighted by molar-refractivity contribution is 5.98. The van der Waals surface area contributed by atoms with Crippen LogP contribution < -0.4 is 5.32 Å². The molecule has 1 N–H and O–H groups in total. The van der Waals surface area contributed by atoms with E-state index in [-0.39, 0.29) is 29.9 Å². The summed E-state index contributed by atoms with van der Waals surface area (Å²) in [6.07, 6.45) is 1.05. The van der Waals surface area contributed by atoms with Gasteiger partial charge in [-0.3, -0.25) is 4.79 Å². The van der Waals surface area contributed by atoms with Gasteiger partial charge in [-0.2, -0.15) is 28.2 Å². The number of nitrogens with zero attached hydrogens (tertiary/aromatic N) is 5. The second-order valence-corrected chi connectivity index (χ2v) is 7.89. The van der Waals surface area contributed by atoms with Crippen LogP contribution in [0.5, 0.6) is 0 Å². The van der Waals surface area contributed by atoms with E-state index < -0.39 is 17.6 Å². The van der Waals surface area contributed by atoms with Crippen molar-refractivity contribution < 1.29 is 22.4 Å². The predicted octanol–water partition coefficient (Wildman–Crippen LogP) is 3.68. The number of anilines is 1. The van der Waals surface area contributed by atoms with Gasteiger partial charge in [-0.1, -0.05) is 12.1 Å². The number of carbonyl (C=O) groups excluding carboxylic acids is 1. The van der Waals surface area contributed by atoms with Crippen molar-refractivity contribution in [2.45, 2.75) is 43.6 Å². The fraction of sp³-hybridized carbons (Fsp3) is 0.333. The number of hydrogen-bond acceptors (Lipinski definition) is 5. The number of fused-ring (bicyclic) bond motifs is 2. The van der Waals surface area contributed by atoms with Gasteiger partial charge in [0, 0.05) is 12.2 Å². The standard InChI is InChI=1S/C21H18F4N6O/c22-15-9-12(21(23,24)25)11-26-19(15)29-16-10-13-5-6-18(16)30(13)20(32)14-3-1-2-4-17(14)31-27-7-8-28-31/h1-4,7-9,11,13,16,18H,5-6,10H2,(H,26,29)/t13-,16-,18+/m1/s1. The van der Waals surface area contributed by atoms with E-state index in [1.807, 2.05) is 0 Å². The van der Waals surface area contributed by atoms with Crippen molar-refractivity contribution in [1.29, 1.82) is 0 Å². The molecular weight excluding hydrogens is 428 g/mol. The summed E-state index contributed by atoms with van der Waals surface area (Å²) in [5, 5.41) is 11.1. The lowest BCUT2D eigenvalue weighted by atomic mass is 9.95. The van der Waals surface area contributed by atoms with Crippen LogP contribution in [-0.4, -0.2) is 48.9 Å². The average Bonchev–Trinajstić information content (AvgIpc) is 3.50. The van der Waals surface area contributed by atoms with Gasteiger partial charge in [0.2, 0.25) is 0 Å². The van der Waals surface area contributed by atoms with Gasteiger partial charge in [-0.05, 0) is 37.5 Å². The van der Waals surface area contributed by atoms with E-state index in [2.05, 4.69) is 20.5 Å². The van der Waals surface area contributed by atoms with Gasteiger partial charge in [0.05, 0.1) is 41.3 Å². The molecule has 2 aliphatic rings. The van der Waals surface area contributed by atoms with Crippen molar-refractivity contribution in [3.8, 4) is 5.69 Å². The van der Waals surface area contributed by atoms with Crippen molar-refractivity contribution in [1.82, 2.24) is 24.9 Å². The number of rotatable bonds is 4. The molecule has 4 heterocycles. The highest BCUT2D eigenvalue weighted by Gasteiger charge is 2.49. The lowest BCUT2D eigenvalue weighted by molar-refractivity contribution is -0.138. The van der Waals surface area contributed by atoms with Crippen molar-refractivity contribution in [3.63, 3.8) is 0 Å². The lowest BCUT2D eigenvalue weighted by Gasteiger charge is -2.26. The zero-order valence-corrected chi connectivity index (χ0v) is 16.6. The fourth-order valence-corrected chi connectivity index (χ4v) is 4.64. The van der Waals surface area contributed by atoms with Crippen molar-refractivity contribution >= 4 is 11.7 Å². The molecule has 11 heteroatoms. The van der Waals surface area contributed by atoms with Crippen LogP contribution in [-0.2, 0) is 6.18 Å².